The Labute approximate surface area is 151 Å². The van der Waals surface area contributed by atoms with Gasteiger partial charge in [0, 0.05) is 17.1 Å². The monoisotopic (exact) mass is 389 g/mol. The van der Waals surface area contributed by atoms with Crippen LogP contribution in [0.4, 0.5) is 13.2 Å². The molecule has 0 spiro atoms. The van der Waals surface area contributed by atoms with Crippen LogP contribution in [0.1, 0.15) is 5.56 Å². The third kappa shape index (κ3) is 5.42. The number of aliphatic hydroxyl groups excluding tert-OH is 1. The molecule has 11 heteroatoms. The van der Waals surface area contributed by atoms with Crippen LogP contribution in [-0.4, -0.2) is 63.6 Å². The van der Waals surface area contributed by atoms with Crippen LogP contribution in [0.15, 0.2) is 30.5 Å². The quantitative estimate of drug-likeness (QED) is 0.615. The van der Waals surface area contributed by atoms with Gasteiger partial charge in [-0.3, -0.25) is 9.63 Å². The number of hydroxylamine groups is 2. The van der Waals surface area contributed by atoms with Crippen molar-refractivity contribution < 1.29 is 37.8 Å². The number of halogens is 3. The minimum absolute atomic E-state index is 0.144. The maximum Gasteiger partial charge on any atom is 0.490 e. The minimum atomic E-state index is -5.08. The minimum Gasteiger partial charge on any atom is -0.475 e. The number of aromatic nitrogens is 1. The molecule has 0 radical (unpaired) electrons. The van der Waals surface area contributed by atoms with Gasteiger partial charge in [0.25, 0.3) is 5.91 Å². The van der Waals surface area contributed by atoms with Crippen molar-refractivity contribution in [3.05, 3.63) is 36.0 Å². The van der Waals surface area contributed by atoms with Crippen molar-refractivity contribution >= 4 is 22.8 Å². The lowest BCUT2D eigenvalue weighted by Gasteiger charge is -2.18. The van der Waals surface area contributed by atoms with E-state index in [2.05, 4.69) is 4.98 Å². The predicted octanol–water partition coefficient (Wildman–Crippen LogP) is 0.806. The summed E-state index contributed by atoms with van der Waals surface area (Å²) in [6.45, 7) is 0.325. The topological polar surface area (TPSA) is 129 Å². The first-order valence-corrected chi connectivity index (χ1v) is 7.82. The zero-order chi connectivity index (χ0) is 20.2. The first-order valence-electron chi connectivity index (χ1n) is 7.82. The number of carbonyl (C=O) groups is 2. The summed E-state index contributed by atoms with van der Waals surface area (Å²) in [6.07, 6.45) is -3.41. The summed E-state index contributed by atoms with van der Waals surface area (Å²) < 4.78 is 31.7. The molecule has 8 nitrogen and oxygen atoms in total. The number of hydrogen-bond donors (Lipinski definition) is 4. The van der Waals surface area contributed by atoms with Crippen molar-refractivity contribution in [3.63, 3.8) is 0 Å². The third-order valence-corrected chi connectivity index (χ3v) is 3.72. The molecule has 2 heterocycles. The second-order valence-corrected chi connectivity index (χ2v) is 5.82. The highest BCUT2D eigenvalue weighted by atomic mass is 19.4. The van der Waals surface area contributed by atoms with Gasteiger partial charge in [0.15, 0.2) is 0 Å². The van der Waals surface area contributed by atoms with Gasteiger partial charge in [0.2, 0.25) is 0 Å². The van der Waals surface area contributed by atoms with E-state index >= 15 is 0 Å². The average Bonchev–Trinajstić information content (AvgIpc) is 3.21. The third-order valence-electron chi connectivity index (χ3n) is 3.72. The van der Waals surface area contributed by atoms with Crippen LogP contribution in [0.5, 0.6) is 0 Å². The van der Waals surface area contributed by atoms with Crippen molar-refractivity contribution in [2.75, 3.05) is 13.2 Å². The molecule has 1 aromatic heterocycles. The molecule has 27 heavy (non-hydrogen) atoms. The Hall–Kier alpha value is -2.63. The van der Waals surface area contributed by atoms with Gasteiger partial charge >= 0.3 is 12.1 Å². The number of nitrogens with zero attached hydrogens (tertiary/aromatic N) is 1. The maximum absolute atomic E-state index is 12.1. The molecule has 0 bridgehead atoms. The Morgan fingerprint density at radius 1 is 1.37 bits per heavy atom. The van der Waals surface area contributed by atoms with Gasteiger partial charge in [-0.25, -0.2) is 9.86 Å². The van der Waals surface area contributed by atoms with E-state index in [9.17, 15) is 23.1 Å². The summed E-state index contributed by atoms with van der Waals surface area (Å²) in [5.74, 6) is -3.06. The van der Waals surface area contributed by atoms with Crippen LogP contribution in [0.2, 0.25) is 0 Å². The predicted molar refractivity (Wildman–Crippen MR) is 87.3 cm³/mol. The fraction of sp³-hybridized carbons (Fsp3) is 0.375. The number of nitrogens with one attached hydrogen (secondary N) is 1. The number of hydrogen-bond acceptors (Lipinski definition) is 5. The Balaban J connectivity index is 0.000000321. The van der Waals surface area contributed by atoms with E-state index in [-0.39, 0.29) is 19.1 Å². The number of H-pyrrole nitrogens is 1. The zero-order valence-corrected chi connectivity index (χ0v) is 13.9. The molecule has 5 N–H and O–H groups in total. The van der Waals surface area contributed by atoms with E-state index in [1.54, 1.807) is 0 Å². The lowest BCUT2D eigenvalue weighted by Crippen LogP contribution is -2.43. The Kier molecular flexibility index (Phi) is 6.41. The van der Waals surface area contributed by atoms with E-state index < -0.39 is 24.3 Å². The summed E-state index contributed by atoms with van der Waals surface area (Å²) in [4.78, 5) is 29.3. The molecule has 2 unspecified atom stereocenters. The van der Waals surface area contributed by atoms with Crippen LogP contribution in [0, 0.1) is 0 Å². The molecular formula is C16H18F3N3O5. The molecule has 1 fully saturated rings. The van der Waals surface area contributed by atoms with E-state index in [4.69, 9.17) is 20.5 Å². The Bertz CT molecular complexity index is 808. The van der Waals surface area contributed by atoms with Gasteiger partial charge in [-0.05, 0) is 18.1 Å². The highest BCUT2D eigenvalue weighted by molar-refractivity contribution is 5.85. The number of carboxylic acids is 1. The van der Waals surface area contributed by atoms with E-state index in [0.717, 1.165) is 21.5 Å². The molecule has 1 aliphatic heterocycles. The summed E-state index contributed by atoms with van der Waals surface area (Å²) in [5.41, 5.74) is 7.98. The first kappa shape index (κ1) is 20.7. The van der Waals surface area contributed by atoms with Crippen LogP contribution < -0.4 is 5.73 Å². The van der Waals surface area contributed by atoms with Crippen molar-refractivity contribution in [1.82, 2.24) is 10.0 Å². The molecule has 3 rings (SSSR count). The van der Waals surface area contributed by atoms with E-state index in [1.807, 2.05) is 30.5 Å². The number of nitrogens with two attached hydrogens (primary N) is 1. The second kappa shape index (κ2) is 8.37. The molecule has 148 valence electrons. The highest BCUT2D eigenvalue weighted by Crippen LogP contribution is 2.19. The number of β-amino-alcohol motifs (C(OH)–C–C–N with tert-alkyl or cyclic N) is 1. The zero-order valence-electron chi connectivity index (χ0n) is 13.9. The molecular weight excluding hydrogens is 371 g/mol. The van der Waals surface area contributed by atoms with E-state index in [1.165, 1.54) is 0 Å². The number of carboxylic acid groups (broad SMARTS) is 1. The van der Waals surface area contributed by atoms with Gasteiger partial charge in [-0.15, -0.1) is 0 Å². The molecule has 1 aromatic carbocycles. The second-order valence-electron chi connectivity index (χ2n) is 5.82. The number of aliphatic hydroxyl groups is 1. The summed E-state index contributed by atoms with van der Waals surface area (Å²) in [7, 11) is 0. The number of alkyl halides is 3. The Morgan fingerprint density at radius 3 is 2.56 bits per heavy atom. The largest absolute Gasteiger partial charge is 0.490 e. The van der Waals surface area contributed by atoms with Crippen LogP contribution >= 0.6 is 0 Å². The molecule has 2 aromatic rings. The highest BCUT2D eigenvalue weighted by Gasteiger charge is 2.38. The average molecular weight is 389 g/mol. The lowest BCUT2D eigenvalue weighted by molar-refractivity contribution is -0.192. The molecule has 1 amide bonds. The van der Waals surface area contributed by atoms with Crippen molar-refractivity contribution in [3.8, 4) is 0 Å². The summed E-state index contributed by atoms with van der Waals surface area (Å²) in [6, 6.07) is 7.19. The van der Waals surface area contributed by atoms with Gasteiger partial charge in [-0.2, -0.15) is 13.2 Å². The molecule has 0 aliphatic carbocycles. The molecule has 2 atom stereocenters. The maximum atomic E-state index is 12.1. The van der Waals surface area contributed by atoms with Crippen molar-refractivity contribution in [1.29, 1.82) is 0 Å². The number of aliphatic carboxylic acids is 1. The van der Waals surface area contributed by atoms with Crippen LogP contribution in [0.25, 0.3) is 10.9 Å². The lowest BCUT2D eigenvalue weighted by atomic mass is 10.1. The van der Waals surface area contributed by atoms with E-state index in [0.29, 0.717) is 6.42 Å². The summed E-state index contributed by atoms with van der Waals surface area (Å²) >= 11 is 0. The van der Waals surface area contributed by atoms with Gasteiger partial charge in [-0.1, -0.05) is 18.2 Å². The number of benzene rings is 1. The fourth-order valence-corrected chi connectivity index (χ4v) is 2.44. The van der Waals surface area contributed by atoms with Gasteiger partial charge in [0.1, 0.15) is 6.61 Å². The number of fused-ring (bicyclic) bond motifs is 1. The van der Waals surface area contributed by atoms with Gasteiger partial charge in [0.05, 0.1) is 18.7 Å². The fourth-order valence-electron chi connectivity index (χ4n) is 2.44. The van der Waals surface area contributed by atoms with Crippen molar-refractivity contribution in [2.24, 2.45) is 5.73 Å². The number of carbonyl (C=O) groups excluding carboxylic acids is 1. The standard InChI is InChI=1S/C14H17N3O3.C2HF3O2/c15-12(14(19)17-7-10(18)8-20-17)5-9-6-16-13-4-2-1-3-11(9)13;3-2(4,5)1(6)7/h1-4,6,10,12,16,18H,5,7-8,15H2;(H,6,7). The number of amides is 1. The summed E-state index contributed by atoms with van der Waals surface area (Å²) in [5, 5.41) is 18.7. The van der Waals surface area contributed by atoms with Crippen LogP contribution in [0.3, 0.4) is 0 Å². The van der Waals surface area contributed by atoms with Crippen molar-refractivity contribution in [2.45, 2.75) is 24.7 Å². The normalized spacial score (nSPS) is 18.1. The first-order chi connectivity index (χ1) is 12.6. The SMILES string of the molecule is NC(Cc1c[nH]c2ccccc12)C(=O)N1CC(O)CO1.O=C(O)C(F)(F)F. The number of para-hydroxylation sites is 1. The molecule has 1 aliphatic rings. The number of rotatable bonds is 3. The molecule has 0 saturated carbocycles. The Morgan fingerprint density at radius 2 is 2.00 bits per heavy atom. The molecule has 1 saturated heterocycles. The van der Waals surface area contributed by atoms with Gasteiger partial charge < -0.3 is 20.9 Å². The number of aromatic amines is 1. The van der Waals surface area contributed by atoms with Crippen LogP contribution in [-0.2, 0) is 20.8 Å². The smallest absolute Gasteiger partial charge is 0.475 e.